The molecule has 6 rings (SSSR count). The molecule has 10 heteroatoms. The summed E-state index contributed by atoms with van der Waals surface area (Å²) in [5, 5.41) is 11.6. The molecule has 39 heavy (non-hydrogen) atoms. The Morgan fingerprint density at radius 1 is 1.21 bits per heavy atom. The second-order valence-corrected chi connectivity index (χ2v) is 11.1. The first-order chi connectivity index (χ1) is 18.9. The van der Waals surface area contributed by atoms with Gasteiger partial charge in [0.05, 0.1) is 17.9 Å². The standard InChI is InChI=1S/C29H29N7O2S/c1-19-17-39-26(32-19)24-9-6-11-36(24)27(37)22-13-21(14-23(15-22)35-12-10-31-18-35)25-33-34-28(38-25)29(2,30)16-20-7-4-3-5-8-20/h3-5,7-8,10,12-15,17-18,24H,6,9,11,16,30H2,1-2H3/t24-,29-/m1/s1. The topological polar surface area (TPSA) is 116 Å². The van der Waals surface area contributed by atoms with Crippen LogP contribution in [0, 0.1) is 6.92 Å². The van der Waals surface area contributed by atoms with E-state index in [1.807, 2.05) is 83.4 Å². The molecule has 1 aliphatic rings. The summed E-state index contributed by atoms with van der Waals surface area (Å²) in [4.78, 5) is 24.7. The van der Waals surface area contributed by atoms with Gasteiger partial charge in [-0.15, -0.1) is 21.5 Å². The van der Waals surface area contributed by atoms with E-state index in [4.69, 9.17) is 10.2 Å². The van der Waals surface area contributed by atoms with Crippen LogP contribution >= 0.6 is 11.3 Å². The van der Waals surface area contributed by atoms with Crippen LogP contribution in [0.15, 0.2) is 77.0 Å². The zero-order valence-corrected chi connectivity index (χ0v) is 22.6. The molecule has 0 unspecified atom stereocenters. The van der Waals surface area contributed by atoms with Gasteiger partial charge in [0.1, 0.15) is 5.01 Å². The second kappa shape index (κ2) is 10.2. The third-order valence-corrected chi connectivity index (χ3v) is 8.04. The van der Waals surface area contributed by atoms with Gasteiger partial charge in [0, 0.05) is 46.8 Å². The molecule has 198 valence electrons. The van der Waals surface area contributed by atoms with Gasteiger partial charge in [-0.3, -0.25) is 4.79 Å². The maximum Gasteiger partial charge on any atom is 0.254 e. The lowest BCUT2D eigenvalue weighted by atomic mass is 9.94. The van der Waals surface area contributed by atoms with Crippen molar-refractivity contribution < 1.29 is 9.21 Å². The van der Waals surface area contributed by atoms with Crippen molar-refractivity contribution in [3.05, 3.63) is 100 Å². The van der Waals surface area contributed by atoms with E-state index in [1.54, 1.807) is 23.9 Å². The molecule has 5 aromatic rings. The second-order valence-electron chi connectivity index (χ2n) is 10.2. The Morgan fingerprint density at radius 3 is 2.79 bits per heavy atom. The van der Waals surface area contributed by atoms with Crippen molar-refractivity contribution in [3.8, 4) is 17.1 Å². The van der Waals surface area contributed by atoms with Crippen LogP contribution in [0.2, 0.25) is 0 Å². The van der Waals surface area contributed by atoms with Crippen LogP contribution in [0.1, 0.15) is 58.3 Å². The number of rotatable bonds is 7. The molecule has 0 spiro atoms. The number of carbonyl (C=O) groups excluding carboxylic acids is 1. The van der Waals surface area contributed by atoms with E-state index in [-0.39, 0.29) is 11.9 Å². The molecular weight excluding hydrogens is 510 g/mol. The van der Waals surface area contributed by atoms with Gasteiger partial charge < -0.3 is 19.6 Å². The Labute approximate surface area is 230 Å². The molecule has 9 nitrogen and oxygen atoms in total. The zero-order chi connectivity index (χ0) is 27.0. The van der Waals surface area contributed by atoms with E-state index in [2.05, 4.69) is 20.2 Å². The van der Waals surface area contributed by atoms with E-state index in [1.165, 1.54) is 0 Å². The van der Waals surface area contributed by atoms with Crippen molar-refractivity contribution in [1.29, 1.82) is 0 Å². The van der Waals surface area contributed by atoms with Gasteiger partial charge in [-0.05, 0) is 56.9 Å². The van der Waals surface area contributed by atoms with E-state index in [0.717, 1.165) is 34.8 Å². The van der Waals surface area contributed by atoms with E-state index < -0.39 is 5.54 Å². The Morgan fingerprint density at radius 2 is 2.05 bits per heavy atom. The minimum Gasteiger partial charge on any atom is -0.419 e. The van der Waals surface area contributed by atoms with Gasteiger partial charge in [-0.1, -0.05) is 30.3 Å². The number of imidazole rings is 1. The average Bonchev–Trinajstić information content (AvgIpc) is 3.74. The summed E-state index contributed by atoms with van der Waals surface area (Å²) in [6.45, 7) is 4.54. The highest BCUT2D eigenvalue weighted by Crippen LogP contribution is 2.36. The summed E-state index contributed by atoms with van der Waals surface area (Å²) in [6.07, 6.45) is 7.61. The SMILES string of the molecule is Cc1csc([C@H]2CCCN2C(=O)c2cc(-c3nnc([C@](C)(N)Cc4ccccc4)o3)cc(-n3ccnc3)c2)n1. The van der Waals surface area contributed by atoms with Crippen LogP contribution in [0.4, 0.5) is 0 Å². The summed E-state index contributed by atoms with van der Waals surface area (Å²) in [6, 6.07) is 15.5. The van der Waals surface area contributed by atoms with Gasteiger partial charge in [-0.2, -0.15) is 0 Å². The number of aromatic nitrogens is 5. The smallest absolute Gasteiger partial charge is 0.254 e. The predicted molar refractivity (Wildman–Crippen MR) is 148 cm³/mol. The lowest BCUT2D eigenvalue weighted by Crippen LogP contribution is -2.35. The van der Waals surface area contributed by atoms with Crippen molar-refractivity contribution >= 4 is 17.2 Å². The monoisotopic (exact) mass is 539 g/mol. The largest absolute Gasteiger partial charge is 0.419 e. The first-order valence-electron chi connectivity index (χ1n) is 12.9. The highest BCUT2D eigenvalue weighted by atomic mass is 32.1. The maximum absolute atomic E-state index is 13.9. The molecule has 1 amide bonds. The first-order valence-corrected chi connectivity index (χ1v) is 13.8. The molecule has 0 aliphatic carbocycles. The molecule has 0 saturated carbocycles. The maximum atomic E-state index is 13.9. The Bertz CT molecular complexity index is 1590. The number of benzene rings is 2. The zero-order valence-electron chi connectivity index (χ0n) is 21.8. The first kappa shape index (κ1) is 25.1. The quantitative estimate of drug-likeness (QED) is 0.307. The summed E-state index contributed by atoms with van der Waals surface area (Å²) < 4.78 is 7.98. The van der Waals surface area contributed by atoms with Crippen molar-refractivity contribution in [1.82, 2.24) is 29.6 Å². The number of hydrogen-bond acceptors (Lipinski definition) is 8. The Hall–Kier alpha value is -4.15. The molecule has 4 heterocycles. The fourth-order valence-electron chi connectivity index (χ4n) is 5.04. The van der Waals surface area contributed by atoms with Crippen LogP contribution in [-0.2, 0) is 12.0 Å². The number of aryl methyl sites for hydroxylation is 1. The van der Waals surface area contributed by atoms with E-state index in [9.17, 15) is 4.79 Å². The normalized spacial score (nSPS) is 16.9. The van der Waals surface area contributed by atoms with Gasteiger partial charge >= 0.3 is 0 Å². The number of carbonyl (C=O) groups is 1. The summed E-state index contributed by atoms with van der Waals surface area (Å²) in [5.74, 6) is 0.585. The summed E-state index contributed by atoms with van der Waals surface area (Å²) in [5.41, 5.74) is 9.77. The third kappa shape index (κ3) is 5.13. The number of hydrogen-bond donors (Lipinski definition) is 1. The molecule has 0 radical (unpaired) electrons. The average molecular weight is 540 g/mol. The van der Waals surface area contributed by atoms with Gasteiger partial charge in [-0.25, -0.2) is 9.97 Å². The summed E-state index contributed by atoms with van der Waals surface area (Å²) in [7, 11) is 0. The number of likely N-dealkylation sites (tertiary alicyclic amines) is 1. The van der Waals surface area contributed by atoms with E-state index in [0.29, 0.717) is 35.9 Å². The predicted octanol–water partition coefficient (Wildman–Crippen LogP) is 5.08. The summed E-state index contributed by atoms with van der Waals surface area (Å²) >= 11 is 1.61. The minimum atomic E-state index is -0.859. The minimum absolute atomic E-state index is 0.0255. The van der Waals surface area contributed by atoms with Crippen molar-refractivity contribution in [2.45, 2.75) is 44.7 Å². The molecule has 1 aliphatic heterocycles. The molecule has 2 N–H and O–H groups in total. The lowest BCUT2D eigenvalue weighted by Gasteiger charge is -2.23. The molecule has 1 fully saturated rings. The Balaban J connectivity index is 1.35. The number of amides is 1. The van der Waals surface area contributed by atoms with Crippen LogP contribution < -0.4 is 5.73 Å². The van der Waals surface area contributed by atoms with Crippen LogP contribution in [-0.4, -0.2) is 42.1 Å². The molecule has 2 atom stereocenters. The van der Waals surface area contributed by atoms with E-state index >= 15 is 0 Å². The number of thiazole rings is 1. The van der Waals surface area contributed by atoms with Crippen LogP contribution in [0.25, 0.3) is 17.1 Å². The van der Waals surface area contributed by atoms with Gasteiger partial charge in [0.25, 0.3) is 5.91 Å². The van der Waals surface area contributed by atoms with Crippen molar-refractivity contribution in [2.24, 2.45) is 5.73 Å². The number of nitrogens with zero attached hydrogens (tertiary/aromatic N) is 6. The van der Waals surface area contributed by atoms with Gasteiger partial charge in [0.2, 0.25) is 11.8 Å². The Kier molecular flexibility index (Phi) is 6.58. The van der Waals surface area contributed by atoms with Crippen LogP contribution in [0.3, 0.4) is 0 Å². The fourth-order valence-corrected chi connectivity index (χ4v) is 5.99. The number of nitrogens with two attached hydrogens (primary N) is 1. The van der Waals surface area contributed by atoms with Crippen molar-refractivity contribution in [2.75, 3.05) is 6.54 Å². The molecule has 3 aromatic heterocycles. The fraction of sp³-hybridized carbons (Fsp3) is 0.276. The molecule has 1 saturated heterocycles. The van der Waals surface area contributed by atoms with Crippen LogP contribution in [0.5, 0.6) is 0 Å². The molecule has 0 bridgehead atoms. The third-order valence-electron chi connectivity index (χ3n) is 6.98. The lowest BCUT2D eigenvalue weighted by molar-refractivity contribution is 0.0735. The molecular formula is C29H29N7O2S. The highest BCUT2D eigenvalue weighted by Gasteiger charge is 2.33. The van der Waals surface area contributed by atoms with Gasteiger partial charge in [0.15, 0.2) is 0 Å². The molecule has 2 aromatic carbocycles. The highest BCUT2D eigenvalue weighted by molar-refractivity contribution is 7.09. The van der Waals surface area contributed by atoms with Crippen molar-refractivity contribution in [3.63, 3.8) is 0 Å².